The van der Waals surface area contributed by atoms with Gasteiger partial charge in [0.2, 0.25) is 0 Å². The molecule has 5 heteroatoms. The van der Waals surface area contributed by atoms with Crippen molar-refractivity contribution in [3.63, 3.8) is 0 Å². The van der Waals surface area contributed by atoms with E-state index < -0.39 is 6.10 Å². The van der Waals surface area contributed by atoms with Crippen LogP contribution in [0.4, 0.5) is 0 Å². The molecule has 0 spiro atoms. The van der Waals surface area contributed by atoms with E-state index >= 15 is 0 Å². The number of carbonyl (C=O) groups excluding carboxylic acids is 1. The maximum absolute atomic E-state index is 11.9. The van der Waals surface area contributed by atoms with Gasteiger partial charge in [-0.3, -0.25) is 4.79 Å². The fourth-order valence-corrected chi connectivity index (χ4v) is 2.57. The van der Waals surface area contributed by atoms with Crippen LogP contribution >= 0.6 is 20.2 Å². The van der Waals surface area contributed by atoms with Crippen LogP contribution in [0, 0.1) is 11.8 Å². The number of fused-ring (bicyclic) bond motifs is 3. The van der Waals surface area contributed by atoms with Crippen molar-refractivity contribution in [1.29, 1.82) is 0 Å². The third-order valence-corrected chi connectivity index (χ3v) is 3.33. The molecule has 19 heavy (non-hydrogen) atoms. The molecule has 3 aliphatic rings. The third kappa shape index (κ3) is 3.13. The van der Waals surface area contributed by atoms with Crippen LogP contribution in [0.25, 0.3) is 0 Å². The van der Waals surface area contributed by atoms with Crippen molar-refractivity contribution in [3.05, 3.63) is 59.8 Å². The van der Waals surface area contributed by atoms with Crippen molar-refractivity contribution >= 4 is 26.0 Å². The summed E-state index contributed by atoms with van der Waals surface area (Å²) in [6.07, 6.45) is 14.4. The van der Waals surface area contributed by atoms with Crippen molar-refractivity contribution in [2.24, 2.45) is 11.8 Å². The van der Waals surface area contributed by atoms with E-state index in [1.165, 1.54) is 0 Å². The second-order valence-corrected chi connectivity index (χ2v) is 5.89. The van der Waals surface area contributed by atoms with Gasteiger partial charge in [-0.1, -0.05) is 42.5 Å². The summed E-state index contributed by atoms with van der Waals surface area (Å²) in [4.78, 5) is 11.9. The molecule has 0 aromatic heterocycles. The Balaban J connectivity index is 0.000000408. The Morgan fingerprint density at radius 3 is 2.63 bits per heavy atom. The first-order valence-electron chi connectivity index (χ1n) is 5.67. The van der Waals surface area contributed by atoms with Crippen LogP contribution in [0.5, 0.6) is 0 Å². The summed E-state index contributed by atoms with van der Waals surface area (Å²) >= 11 is 0.757. The summed E-state index contributed by atoms with van der Waals surface area (Å²) in [5.41, 5.74) is 2.04. The fraction of sp³-hybridized carbons (Fsp3) is 0.214. The molecule has 0 saturated carbocycles. The van der Waals surface area contributed by atoms with Crippen LogP contribution in [-0.2, 0) is 17.9 Å². The van der Waals surface area contributed by atoms with E-state index in [0.717, 1.165) is 24.3 Å². The quantitative estimate of drug-likeness (QED) is 0.684. The van der Waals surface area contributed by atoms with E-state index in [9.17, 15) is 9.90 Å². The first kappa shape index (κ1) is 14.8. The number of allylic oxidation sites excluding steroid dienone is 8. The summed E-state index contributed by atoms with van der Waals surface area (Å²) in [6.45, 7) is 0. The summed E-state index contributed by atoms with van der Waals surface area (Å²) in [6, 6.07) is 0. The zero-order valence-electron chi connectivity index (χ0n) is 9.76. The van der Waals surface area contributed by atoms with Crippen LogP contribution in [0.3, 0.4) is 0 Å². The maximum atomic E-state index is 11.9. The van der Waals surface area contributed by atoms with E-state index in [-0.39, 0.29) is 17.6 Å². The van der Waals surface area contributed by atoms with Crippen LogP contribution < -0.4 is 0 Å². The molecular weight excluding hydrogens is 335 g/mol. The Bertz CT molecular complexity index is 518. The van der Waals surface area contributed by atoms with Gasteiger partial charge in [-0.05, 0) is 17.2 Å². The zero-order valence-corrected chi connectivity index (χ0v) is 12.2. The monoisotopic (exact) mass is 345 g/mol. The molecular formula is C14H12Cl2CuO2. The van der Waals surface area contributed by atoms with Crippen molar-refractivity contribution < 1.29 is 23.0 Å². The van der Waals surface area contributed by atoms with Crippen molar-refractivity contribution in [2.45, 2.75) is 6.10 Å². The first-order valence-corrected chi connectivity index (χ1v) is 8.26. The minimum absolute atomic E-state index is 0.00861. The SMILES string of the molecule is O=C1C=C2C=CC=CC2C2=CC=CC(O)C12.[Cl][Cu][Cl]. The molecule has 105 valence electrons. The Morgan fingerprint density at radius 2 is 1.89 bits per heavy atom. The van der Waals surface area contributed by atoms with Crippen LogP contribution in [0.2, 0.25) is 0 Å². The predicted molar refractivity (Wildman–Crippen MR) is 73.3 cm³/mol. The standard InChI is InChI=1S/C14H12O2.2ClH.Cu/c15-12-7-3-6-11-10-5-2-1-4-9(10)8-13(16)14(11)12;;;/h1-8,10,12,14-15H;2*1H;/q;;;+2/p-2. The molecule has 3 aliphatic carbocycles. The van der Waals surface area contributed by atoms with E-state index in [1.807, 2.05) is 30.4 Å². The second kappa shape index (κ2) is 6.74. The second-order valence-electron chi connectivity index (χ2n) is 4.33. The summed E-state index contributed by atoms with van der Waals surface area (Å²) in [5, 5.41) is 9.85. The number of aliphatic hydroxyl groups is 1. The van der Waals surface area contributed by atoms with E-state index in [1.54, 1.807) is 12.2 Å². The van der Waals surface area contributed by atoms with Crippen LogP contribution in [0.1, 0.15) is 0 Å². The molecule has 0 saturated heterocycles. The molecule has 0 aromatic rings. The first-order chi connectivity index (χ1) is 9.19. The summed E-state index contributed by atoms with van der Waals surface area (Å²) < 4.78 is 0. The van der Waals surface area contributed by atoms with Crippen molar-refractivity contribution in [1.82, 2.24) is 0 Å². The van der Waals surface area contributed by atoms with E-state index in [4.69, 9.17) is 0 Å². The third-order valence-electron chi connectivity index (χ3n) is 3.33. The van der Waals surface area contributed by atoms with Gasteiger partial charge >= 0.3 is 33.3 Å². The molecule has 3 atom stereocenters. The number of hydrogen-bond donors (Lipinski definition) is 1. The molecule has 0 aliphatic heterocycles. The van der Waals surface area contributed by atoms with Crippen LogP contribution in [-0.4, -0.2) is 17.0 Å². The number of carbonyl (C=O) groups is 1. The zero-order chi connectivity index (χ0) is 13.8. The molecule has 3 unspecified atom stereocenters. The van der Waals surface area contributed by atoms with E-state index in [0.29, 0.717) is 0 Å². The van der Waals surface area contributed by atoms with Gasteiger partial charge < -0.3 is 5.11 Å². The van der Waals surface area contributed by atoms with Gasteiger partial charge in [-0.25, -0.2) is 0 Å². The molecule has 0 aromatic carbocycles. The van der Waals surface area contributed by atoms with Crippen LogP contribution in [0.15, 0.2) is 59.8 Å². The summed E-state index contributed by atoms with van der Waals surface area (Å²) in [5.74, 6) is -0.212. The Morgan fingerprint density at radius 1 is 1.16 bits per heavy atom. The summed E-state index contributed by atoms with van der Waals surface area (Å²) in [7, 11) is 9.34. The topological polar surface area (TPSA) is 37.3 Å². The molecule has 0 bridgehead atoms. The molecule has 3 rings (SSSR count). The number of halogens is 2. The Hall–Kier alpha value is -0.571. The molecule has 1 N–H and O–H groups in total. The number of rotatable bonds is 0. The molecule has 0 radical (unpaired) electrons. The van der Waals surface area contributed by atoms with Gasteiger partial charge in [0.1, 0.15) is 0 Å². The number of hydrogen-bond acceptors (Lipinski definition) is 2. The normalized spacial score (nSPS) is 30.9. The molecule has 0 heterocycles. The predicted octanol–water partition coefficient (Wildman–Crippen LogP) is 3.09. The van der Waals surface area contributed by atoms with Gasteiger partial charge in [0, 0.05) is 5.92 Å². The fourth-order valence-electron chi connectivity index (χ4n) is 2.57. The molecule has 2 nitrogen and oxygen atoms in total. The van der Waals surface area contributed by atoms with E-state index in [2.05, 4.69) is 26.3 Å². The average Bonchev–Trinajstić information content (AvgIpc) is 2.40. The molecule has 0 amide bonds. The van der Waals surface area contributed by atoms with Crippen molar-refractivity contribution in [3.8, 4) is 0 Å². The van der Waals surface area contributed by atoms with Gasteiger partial charge in [0.25, 0.3) is 0 Å². The number of ketones is 1. The van der Waals surface area contributed by atoms with Gasteiger partial charge in [-0.2, -0.15) is 0 Å². The van der Waals surface area contributed by atoms with Crippen molar-refractivity contribution in [2.75, 3.05) is 0 Å². The number of aliphatic hydroxyl groups excluding tert-OH is 1. The minimum atomic E-state index is -0.676. The van der Waals surface area contributed by atoms with Gasteiger partial charge in [0.05, 0.1) is 12.0 Å². The van der Waals surface area contributed by atoms with Gasteiger partial charge in [0.15, 0.2) is 5.78 Å². The van der Waals surface area contributed by atoms with Gasteiger partial charge in [-0.15, -0.1) is 0 Å². The Labute approximate surface area is 126 Å². The molecule has 0 fully saturated rings. The average molecular weight is 347 g/mol. The Kier molecular flexibility index (Phi) is 5.26.